The minimum Gasteiger partial charge on any atom is -0.373 e. The fourth-order valence-electron chi connectivity index (χ4n) is 2.69. The predicted molar refractivity (Wildman–Crippen MR) is 85.0 cm³/mol. The monoisotopic (exact) mass is 308 g/mol. The van der Waals surface area contributed by atoms with Gasteiger partial charge in [-0.2, -0.15) is 0 Å². The highest BCUT2D eigenvalue weighted by atomic mass is 16.6. The van der Waals surface area contributed by atoms with Crippen LogP contribution < -0.4 is 5.32 Å². The van der Waals surface area contributed by atoms with E-state index in [2.05, 4.69) is 42.9 Å². The number of nitrogens with one attached hydrogen (secondary N) is 1. The molecular weight excluding hydrogens is 284 g/mol. The summed E-state index contributed by atoms with van der Waals surface area (Å²) < 4.78 is 5.77. The summed E-state index contributed by atoms with van der Waals surface area (Å²) >= 11 is 0. The van der Waals surface area contributed by atoms with E-state index in [-0.39, 0.29) is 23.4 Å². The standard InChI is InChI=1S/C15H24N4O3/c1-11-8-18(9-12(2)22-11)15(3,4)10-17-14-6-5-13(7-16-14)19(20)21/h5-7,11-12H,8-10H2,1-4H3,(H,16,17)/t11-,12-/m0/s1. The molecule has 1 aliphatic heterocycles. The van der Waals surface area contributed by atoms with Gasteiger partial charge in [0.2, 0.25) is 0 Å². The van der Waals surface area contributed by atoms with Crippen LogP contribution in [0, 0.1) is 10.1 Å². The molecule has 0 aromatic carbocycles. The van der Waals surface area contributed by atoms with Crippen molar-refractivity contribution in [3.8, 4) is 0 Å². The van der Waals surface area contributed by atoms with Crippen LogP contribution in [-0.4, -0.2) is 52.2 Å². The molecule has 122 valence electrons. The molecule has 7 heteroatoms. The maximum atomic E-state index is 10.6. The summed E-state index contributed by atoms with van der Waals surface area (Å²) in [6.45, 7) is 11.0. The fourth-order valence-corrected chi connectivity index (χ4v) is 2.69. The molecule has 1 N–H and O–H groups in total. The van der Waals surface area contributed by atoms with Crippen LogP contribution in [0.3, 0.4) is 0 Å². The van der Waals surface area contributed by atoms with Gasteiger partial charge in [0.1, 0.15) is 12.0 Å². The van der Waals surface area contributed by atoms with E-state index in [9.17, 15) is 10.1 Å². The van der Waals surface area contributed by atoms with Gasteiger partial charge in [-0.05, 0) is 33.8 Å². The summed E-state index contributed by atoms with van der Waals surface area (Å²) in [5.41, 5.74) is -0.0592. The average molecular weight is 308 g/mol. The molecule has 0 spiro atoms. The van der Waals surface area contributed by atoms with E-state index < -0.39 is 4.92 Å². The summed E-state index contributed by atoms with van der Waals surface area (Å²) in [6.07, 6.45) is 1.72. The van der Waals surface area contributed by atoms with E-state index in [4.69, 9.17) is 4.74 Å². The third kappa shape index (κ3) is 4.14. The first-order valence-electron chi connectivity index (χ1n) is 7.53. The van der Waals surface area contributed by atoms with Crippen molar-refractivity contribution in [3.05, 3.63) is 28.4 Å². The van der Waals surface area contributed by atoms with Crippen LogP contribution in [-0.2, 0) is 4.74 Å². The molecule has 1 saturated heterocycles. The molecule has 7 nitrogen and oxygen atoms in total. The third-order valence-electron chi connectivity index (χ3n) is 3.94. The number of aromatic nitrogens is 1. The van der Waals surface area contributed by atoms with Gasteiger partial charge in [-0.3, -0.25) is 15.0 Å². The second kappa shape index (κ2) is 6.58. The summed E-state index contributed by atoms with van der Waals surface area (Å²) in [5, 5.41) is 13.9. The van der Waals surface area contributed by atoms with Crippen molar-refractivity contribution < 1.29 is 9.66 Å². The van der Waals surface area contributed by atoms with E-state index in [1.165, 1.54) is 12.3 Å². The Balaban J connectivity index is 1.95. The van der Waals surface area contributed by atoms with Crippen LogP contribution in [0.4, 0.5) is 11.5 Å². The van der Waals surface area contributed by atoms with Crippen LogP contribution in [0.15, 0.2) is 18.3 Å². The lowest BCUT2D eigenvalue weighted by molar-refractivity contribution is -0.385. The number of ether oxygens (including phenoxy) is 1. The van der Waals surface area contributed by atoms with E-state index >= 15 is 0 Å². The minimum atomic E-state index is -0.447. The fraction of sp³-hybridized carbons (Fsp3) is 0.667. The highest BCUT2D eigenvalue weighted by Crippen LogP contribution is 2.22. The van der Waals surface area contributed by atoms with Gasteiger partial charge in [-0.25, -0.2) is 4.98 Å². The Morgan fingerprint density at radius 1 is 1.41 bits per heavy atom. The van der Waals surface area contributed by atoms with Crippen molar-refractivity contribution in [2.75, 3.05) is 25.0 Å². The first-order chi connectivity index (χ1) is 10.3. The number of nitrogens with zero attached hydrogens (tertiary/aromatic N) is 3. The second-order valence-corrected chi connectivity index (χ2v) is 6.49. The number of hydrogen-bond donors (Lipinski definition) is 1. The second-order valence-electron chi connectivity index (χ2n) is 6.49. The Morgan fingerprint density at radius 2 is 2.05 bits per heavy atom. The van der Waals surface area contributed by atoms with Crippen LogP contribution in [0.2, 0.25) is 0 Å². The molecule has 2 heterocycles. The molecular formula is C15H24N4O3. The van der Waals surface area contributed by atoms with E-state index in [1.807, 2.05) is 0 Å². The number of rotatable bonds is 5. The van der Waals surface area contributed by atoms with E-state index in [1.54, 1.807) is 6.07 Å². The molecule has 0 bridgehead atoms. The van der Waals surface area contributed by atoms with Gasteiger partial charge in [0, 0.05) is 31.2 Å². The molecule has 2 atom stereocenters. The van der Waals surface area contributed by atoms with Crippen molar-refractivity contribution in [1.82, 2.24) is 9.88 Å². The van der Waals surface area contributed by atoms with Gasteiger partial charge >= 0.3 is 0 Å². The SMILES string of the molecule is C[C@H]1CN(C(C)(C)CNc2ccc([N+](=O)[O-])cn2)C[C@H](C)O1. The maximum Gasteiger partial charge on any atom is 0.287 e. The summed E-state index contributed by atoms with van der Waals surface area (Å²) in [4.78, 5) is 16.7. The number of pyridine rings is 1. The molecule has 0 amide bonds. The number of morpholine rings is 1. The Morgan fingerprint density at radius 3 is 2.55 bits per heavy atom. The molecule has 0 saturated carbocycles. The van der Waals surface area contributed by atoms with Crippen LogP contribution in [0.25, 0.3) is 0 Å². The number of anilines is 1. The van der Waals surface area contributed by atoms with E-state index in [0.717, 1.165) is 13.1 Å². The first kappa shape index (κ1) is 16.6. The molecule has 1 aliphatic rings. The lowest BCUT2D eigenvalue weighted by atomic mass is 10.00. The van der Waals surface area contributed by atoms with Crippen LogP contribution >= 0.6 is 0 Å². The van der Waals surface area contributed by atoms with Crippen molar-refractivity contribution in [1.29, 1.82) is 0 Å². The quantitative estimate of drug-likeness (QED) is 0.664. The van der Waals surface area contributed by atoms with Crippen molar-refractivity contribution >= 4 is 11.5 Å². The maximum absolute atomic E-state index is 10.6. The van der Waals surface area contributed by atoms with Crippen molar-refractivity contribution in [2.45, 2.75) is 45.4 Å². The third-order valence-corrected chi connectivity index (χ3v) is 3.94. The molecule has 22 heavy (non-hydrogen) atoms. The molecule has 2 rings (SSSR count). The Bertz CT molecular complexity index is 508. The number of hydrogen-bond acceptors (Lipinski definition) is 6. The minimum absolute atomic E-state index is 0.000592. The summed E-state index contributed by atoms with van der Waals surface area (Å²) in [5.74, 6) is 0.646. The average Bonchev–Trinajstić information content (AvgIpc) is 2.44. The Hall–Kier alpha value is -1.73. The molecule has 1 aromatic rings. The van der Waals surface area contributed by atoms with Crippen molar-refractivity contribution in [2.24, 2.45) is 0 Å². The molecule has 1 fully saturated rings. The zero-order valence-electron chi connectivity index (χ0n) is 13.6. The Kier molecular flexibility index (Phi) is 4.97. The van der Waals surface area contributed by atoms with Gasteiger partial charge in [-0.1, -0.05) is 0 Å². The van der Waals surface area contributed by atoms with E-state index in [0.29, 0.717) is 12.4 Å². The molecule has 0 radical (unpaired) electrons. The van der Waals surface area contributed by atoms with Gasteiger partial charge < -0.3 is 10.1 Å². The molecule has 0 unspecified atom stereocenters. The largest absolute Gasteiger partial charge is 0.373 e. The Labute approximate surface area is 130 Å². The van der Waals surface area contributed by atoms with Gasteiger partial charge in [0.05, 0.1) is 17.1 Å². The lowest BCUT2D eigenvalue weighted by Crippen LogP contribution is -2.57. The smallest absolute Gasteiger partial charge is 0.287 e. The normalized spacial score (nSPS) is 23.3. The molecule has 1 aromatic heterocycles. The van der Waals surface area contributed by atoms with Crippen molar-refractivity contribution in [3.63, 3.8) is 0 Å². The number of nitro groups is 1. The molecule has 0 aliphatic carbocycles. The van der Waals surface area contributed by atoms with Gasteiger partial charge in [0.15, 0.2) is 0 Å². The highest BCUT2D eigenvalue weighted by molar-refractivity contribution is 5.40. The first-order valence-corrected chi connectivity index (χ1v) is 7.53. The zero-order valence-corrected chi connectivity index (χ0v) is 13.6. The van der Waals surface area contributed by atoms with Gasteiger partial charge in [0.25, 0.3) is 5.69 Å². The van der Waals surface area contributed by atoms with Gasteiger partial charge in [-0.15, -0.1) is 0 Å². The lowest BCUT2D eigenvalue weighted by Gasteiger charge is -2.45. The zero-order chi connectivity index (χ0) is 16.3. The van der Waals surface area contributed by atoms with Crippen LogP contribution in [0.5, 0.6) is 0 Å². The topological polar surface area (TPSA) is 80.5 Å². The predicted octanol–water partition coefficient (Wildman–Crippen LogP) is 2.29. The summed E-state index contributed by atoms with van der Waals surface area (Å²) in [6, 6.07) is 3.10. The van der Waals surface area contributed by atoms with Crippen LogP contribution in [0.1, 0.15) is 27.7 Å². The summed E-state index contributed by atoms with van der Waals surface area (Å²) in [7, 11) is 0. The highest BCUT2D eigenvalue weighted by Gasteiger charge is 2.33.